The summed E-state index contributed by atoms with van der Waals surface area (Å²) in [7, 11) is 0. The number of hydrogen-bond donors (Lipinski definition) is 1. The van der Waals surface area contributed by atoms with Crippen LogP contribution >= 0.6 is 0 Å². The summed E-state index contributed by atoms with van der Waals surface area (Å²) in [5.74, 6) is -0.905. The van der Waals surface area contributed by atoms with E-state index in [1.165, 1.54) is 0 Å². The standard InChI is InChI=1S/C9H11NO3/c11-7-3-4-8(9(12)13)10-5-1-2-6-10/h1-2,5-8H,3-4H2,(H,12,13)/t8-/m0/s1. The number of rotatable bonds is 5. The molecule has 13 heavy (non-hydrogen) atoms. The van der Waals surface area contributed by atoms with Crippen LogP contribution in [-0.2, 0) is 9.59 Å². The molecule has 0 amide bonds. The Kier molecular flexibility index (Phi) is 3.25. The number of carboxylic acid groups (broad SMARTS) is 1. The molecule has 1 atom stereocenters. The first kappa shape index (κ1) is 9.51. The predicted molar refractivity (Wildman–Crippen MR) is 46.4 cm³/mol. The van der Waals surface area contributed by atoms with Gasteiger partial charge in [0, 0.05) is 18.8 Å². The van der Waals surface area contributed by atoms with Crippen molar-refractivity contribution in [3.8, 4) is 0 Å². The molecule has 0 aliphatic rings. The van der Waals surface area contributed by atoms with E-state index in [9.17, 15) is 9.59 Å². The number of nitrogens with zero attached hydrogens (tertiary/aromatic N) is 1. The van der Waals surface area contributed by atoms with Gasteiger partial charge in [-0.25, -0.2) is 4.79 Å². The van der Waals surface area contributed by atoms with Crippen molar-refractivity contribution in [1.29, 1.82) is 0 Å². The Morgan fingerprint density at radius 2 is 2.08 bits per heavy atom. The van der Waals surface area contributed by atoms with Crippen LogP contribution in [0.2, 0.25) is 0 Å². The van der Waals surface area contributed by atoms with Gasteiger partial charge in [-0.2, -0.15) is 0 Å². The molecule has 1 aromatic heterocycles. The third-order valence-corrected chi connectivity index (χ3v) is 1.83. The maximum absolute atomic E-state index is 10.8. The molecule has 0 aliphatic heterocycles. The zero-order chi connectivity index (χ0) is 9.68. The molecule has 0 aliphatic carbocycles. The van der Waals surface area contributed by atoms with Crippen molar-refractivity contribution in [2.75, 3.05) is 0 Å². The lowest BCUT2D eigenvalue weighted by Gasteiger charge is -2.12. The first-order valence-electron chi connectivity index (χ1n) is 4.04. The fourth-order valence-corrected chi connectivity index (χ4v) is 1.18. The topological polar surface area (TPSA) is 59.3 Å². The van der Waals surface area contributed by atoms with Gasteiger partial charge in [0.1, 0.15) is 12.3 Å². The van der Waals surface area contributed by atoms with Crippen LogP contribution in [0.4, 0.5) is 0 Å². The summed E-state index contributed by atoms with van der Waals surface area (Å²) < 4.78 is 1.59. The van der Waals surface area contributed by atoms with E-state index in [4.69, 9.17) is 5.11 Å². The summed E-state index contributed by atoms with van der Waals surface area (Å²) in [5.41, 5.74) is 0. The Hall–Kier alpha value is -1.58. The predicted octanol–water partition coefficient (Wildman–Crippen LogP) is 1.09. The average molecular weight is 181 g/mol. The molecule has 0 aromatic carbocycles. The quantitative estimate of drug-likeness (QED) is 0.692. The molecule has 0 saturated carbocycles. The summed E-state index contributed by atoms with van der Waals surface area (Å²) in [5, 5.41) is 8.83. The van der Waals surface area contributed by atoms with E-state index in [0.29, 0.717) is 6.42 Å². The van der Waals surface area contributed by atoms with Crippen LogP contribution in [0.3, 0.4) is 0 Å². The van der Waals surface area contributed by atoms with E-state index in [1.54, 1.807) is 29.1 Å². The highest BCUT2D eigenvalue weighted by Crippen LogP contribution is 2.13. The third kappa shape index (κ3) is 2.43. The summed E-state index contributed by atoms with van der Waals surface area (Å²) in [6.07, 6.45) is 4.72. The molecule has 0 radical (unpaired) electrons. The number of aromatic nitrogens is 1. The number of aliphatic carboxylic acids is 1. The van der Waals surface area contributed by atoms with Crippen LogP contribution in [0.1, 0.15) is 18.9 Å². The molecule has 1 aromatic rings. The van der Waals surface area contributed by atoms with Crippen LogP contribution in [-0.4, -0.2) is 21.9 Å². The van der Waals surface area contributed by atoms with Crippen molar-refractivity contribution in [3.05, 3.63) is 24.5 Å². The molecule has 0 spiro atoms. The Bertz CT molecular complexity index is 279. The fraction of sp³-hybridized carbons (Fsp3) is 0.333. The Balaban J connectivity index is 2.68. The fourth-order valence-electron chi connectivity index (χ4n) is 1.18. The molecule has 0 fully saturated rings. The molecular weight excluding hydrogens is 170 g/mol. The van der Waals surface area contributed by atoms with Crippen molar-refractivity contribution < 1.29 is 14.7 Å². The molecule has 1 heterocycles. The van der Waals surface area contributed by atoms with Gasteiger partial charge in [0.2, 0.25) is 0 Å². The number of carboxylic acids is 1. The second-order valence-corrected chi connectivity index (χ2v) is 2.73. The van der Waals surface area contributed by atoms with Crippen molar-refractivity contribution in [2.45, 2.75) is 18.9 Å². The summed E-state index contributed by atoms with van der Waals surface area (Å²) in [6.45, 7) is 0. The van der Waals surface area contributed by atoms with Crippen molar-refractivity contribution in [1.82, 2.24) is 4.57 Å². The highest BCUT2D eigenvalue weighted by atomic mass is 16.4. The van der Waals surface area contributed by atoms with Crippen molar-refractivity contribution >= 4 is 12.3 Å². The lowest BCUT2D eigenvalue weighted by atomic mass is 10.1. The van der Waals surface area contributed by atoms with Gasteiger partial charge in [0.05, 0.1) is 0 Å². The molecule has 4 nitrogen and oxygen atoms in total. The van der Waals surface area contributed by atoms with E-state index in [-0.39, 0.29) is 6.42 Å². The second kappa shape index (κ2) is 4.45. The van der Waals surface area contributed by atoms with E-state index in [2.05, 4.69) is 0 Å². The number of hydrogen-bond acceptors (Lipinski definition) is 2. The van der Waals surface area contributed by atoms with E-state index < -0.39 is 12.0 Å². The van der Waals surface area contributed by atoms with Gasteiger partial charge in [-0.05, 0) is 18.6 Å². The smallest absolute Gasteiger partial charge is 0.326 e. The van der Waals surface area contributed by atoms with E-state index >= 15 is 0 Å². The van der Waals surface area contributed by atoms with Crippen LogP contribution in [0.25, 0.3) is 0 Å². The summed E-state index contributed by atoms with van der Waals surface area (Å²) >= 11 is 0. The molecule has 1 rings (SSSR count). The van der Waals surface area contributed by atoms with E-state index in [1.807, 2.05) is 0 Å². The number of carbonyl (C=O) groups excluding carboxylic acids is 1. The van der Waals surface area contributed by atoms with Gasteiger partial charge in [-0.3, -0.25) is 0 Å². The first-order valence-corrected chi connectivity index (χ1v) is 4.04. The summed E-state index contributed by atoms with van der Waals surface area (Å²) in [4.78, 5) is 20.9. The van der Waals surface area contributed by atoms with Gasteiger partial charge in [-0.15, -0.1) is 0 Å². The SMILES string of the molecule is O=CCC[C@@H](C(=O)O)n1cccc1. The minimum absolute atomic E-state index is 0.273. The first-order chi connectivity index (χ1) is 6.25. The lowest BCUT2D eigenvalue weighted by molar-refractivity contribution is -0.141. The Morgan fingerprint density at radius 1 is 1.46 bits per heavy atom. The molecule has 1 N–H and O–H groups in total. The maximum Gasteiger partial charge on any atom is 0.326 e. The molecule has 0 bridgehead atoms. The van der Waals surface area contributed by atoms with Crippen LogP contribution < -0.4 is 0 Å². The average Bonchev–Trinajstić information content (AvgIpc) is 2.57. The third-order valence-electron chi connectivity index (χ3n) is 1.83. The second-order valence-electron chi connectivity index (χ2n) is 2.73. The van der Waals surface area contributed by atoms with Gasteiger partial charge in [0.25, 0.3) is 0 Å². The molecule has 0 saturated heterocycles. The minimum atomic E-state index is -0.905. The zero-order valence-corrected chi connectivity index (χ0v) is 7.09. The lowest BCUT2D eigenvalue weighted by Crippen LogP contribution is -2.17. The van der Waals surface area contributed by atoms with Gasteiger partial charge >= 0.3 is 5.97 Å². The number of aldehydes is 1. The highest BCUT2D eigenvalue weighted by Gasteiger charge is 2.17. The monoisotopic (exact) mass is 181 g/mol. The molecular formula is C9H11NO3. The van der Waals surface area contributed by atoms with Crippen LogP contribution in [0.15, 0.2) is 24.5 Å². The Morgan fingerprint density at radius 3 is 2.54 bits per heavy atom. The molecule has 4 heteroatoms. The van der Waals surface area contributed by atoms with Crippen molar-refractivity contribution in [3.63, 3.8) is 0 Å². The van der Waals surface area contributed by atoms with Crippen molar-refractivity contribution in [2.24, 2.45) is 0 Å². The Labute approximate surface area is 75.8 Å². The maximum atomic E-state index is 10.8. The zero-order valence-electron chi connectivity index (χ0n) is 7.09. The summed E-state index contributed by atoms with van der Waals surface area (Å²) in [6, 6.07) is 2.90. The van der Waals surface area contributed by atoms with Crippen LogP contribution in [0, 0.1) is 0 Å². The van der Waals surface area contributed by atoms with Gasteiger partial charge in [-0.1, -0.05) is 0 Å². The minimum Gasteiger partial charge on any atom is -0.480 e. The van der Waals surface area contributed by atoms with Crippen LogP contribution in [0.5, 0.6) is 0 Å². The normalized spacial score (nSPS) is 12.3. The largest absolute Gasteiger partial charge is 0.480 e. The van der Waals surface area contributed by atoms with Gasteiger partial charge < -0.3 is 14.5 Å². The van der Waals surface area contributed by atoms with E-state index in [0.717, 1.165) is 6.29 Å². The molecule has 70 valence electrons. The highest BCUT2D eigenvalue weighted by molar-refractivity contribution is 5.72. The molecule has 0 unspecified atom stereocenters. The van der Waals surface area contributed by atoms with Gasteiger partial charge in [0.15, 0.2) is 0 Å². The number of carbonyl (C=O) groups is 2.